The van der Waals surface area contributed by atoms with Crippen LogP contribution < -0.4 is 0 Å². The first-order valence-corrected chi connectivity index (χ1v) is 8.27. The topological polar surface area (TPSA) is 0 Å². The van der Waals surface area contributed by atoms with E-state index >= 15 is 0 Å². The van der Waals surface area contributed by atoms with E-state index in [0.29, 0.717) is 10.8 Å². The fraction of sp³-hybridized carbons (Fsp3) is 1.00. The molecule has 0 heterocycles. The van der Waals surface area contributed by atoms with Gasteiger partial charge in [0.15, 0.2) is 0 Å². The highest BCUT2D eigenvalue weighted by molar-refractivity contribution is 5.21. The van der Waals surface area contributed by atoms with Crippen LogP contribution in [0.3, 0.4) is 0 Å². The number of hydrogen-bond donors (Lipinski definition) is 0. The molecular formula is C18H32. The molecule has 3 rings (SSSR count). The highest BCUT2D eigenvalue weighted by atomic mass is 14.8. The van der Waals surface area contributed by atoms with Gasteiger partial charge in [0.2, 0.25) is 0 Å². The Balaban J connectivity index is 1.99. The normalized spacial score (nSPS) is 58.2. The van der Waals surface area contributed by atoms with Crippen LogP contribution in [-0.4, -0.2) is 0 Å². The monoisotopic (exact) mass is 248 g/mol. The minimum atomic E-state index is 0.588. The zero-order valence-electron chi connectivity index (χ0n) is 13.5. The Morgan fingerprint density at radius 1 is 1.17 bits per heavy atom. The Hall–Kier alpha value is 0. The van der Waals surface area contributed by atoms with Crippen LogP contribution in [0.4, 0.5) is 0 Å². The van der Waals surface area contributed by atoms with Crippen LogP contribution in [0.25, 0.3) is 0 Å². The quantitative estimate of drug-likeness (QED) is 0.627. The number of hydrogen-bond acceptors (Lipinski definition) is 0. The molecule has 0 bridgehead atoms. The molecule has 0 aromatic heterocycles. The van der Waals surface area contributed by atoms with Crippen LogP contribution in [0.2, 0.25) is 0 Å². The maximum absolute atomic E-state index is 2.64. The van der Waals surface area contributed by atoms with Gasteiger partial charge in [-0.3, -0.25) is 0 Å². The minimum absolute atomic E-state index is 0.588. The minimum Gasteiger partial charge on any atom is -0.0651 e. The van der Waals surface area contributed by atoms with Gasteiger partial charge in [-0.05, 0) is 58.7 Å². The second kappa shape index (κ2) is 3.55. The van der Waals surface area contributed by atoms with E-state index in [1.165, 1.54) is 12.8 Å². The van der Waals surface area contributed by atoms with Crippen molar-refractivity contribution < 1.29 is 0 Å². The summed E-state index contributed by atoms with van der Waals surface area (Å²) in [6.07, 6.45) is 2.91. The molecule has 0 aromatic rings. The molecule has 0 saturated heterocycles. The zero-order valence-corrected chi connectivity index (χ0v) is 13.5. The van der Waals surface area contributed by atoms with Crippen molar-refractivity contribution in [2.75, 3.05) is 0 Å². The molecule has 18 heavy (non-hydrogen) atoms. The van der Waals surface area contributed by atoms with E-state index < -0.39 is 0 Å². The molecule has 104 valence electrons. The largest absolute Gasteiger partial charge is 0.0651 e. The van der Waals surface area contributed by atoms with Crippen molar-refractivity contribution in [3.63, 3.8) is 0 Å². The summed E-state index contributed by atoms with van der Waals surface area (Å²) in [6.45, 7) is 17.8. The summed E-state index contributed by atoms with van der Waals surface area (Å²) >= 11 is 0. The van der Waals surface area contributed by atoms with E-state index in [9.17, 15) is 0 Å². The summed E-state index contributed by atoms with van der Waals surface area (Å²) in [4.78, 5) is 0. The lowest BCUT2D eigenvalue weighted by atomic mass is 9.56. The molecule has 3 aliphatic rings. The lowest BCUT2D eigenvalue weighted by molar-refractivity contribution is -0.00314. The summed E-state index contributed by atoms with van der Waals surface area (Å²) in [6, 6.07) is 0. The molecule has 0 aliphatic heterocycles. The highest BCUT2D eigenvalue weighted by Crippen LogP contribution is 2.79. The maximum atomic E-state index is 2.64. The van der Waals surface area contributed by atoms with Gasteiger partial charge in [-0.2, -0.15) is 0 Å². The second-order valence-corrected chi connectivity index (χ2v) is 8.69. The molecule has 0 amide bonds. The molecule has 8 atom stereocenters. The van der Waals surface area contributed by atoms with Crippen molar-refractivity contribution in [3.05, 3.63) is 0 Å². The standard InChI is InChI=1S/C18H32/c1-8-10(2)15-11(3)18(7)12(4)17(5,6)14-9-13(15)16(14)18/h10-16H,8-9H2,1-7H3. The van der Waals surface area contributed by atoms with Gasteiger partial charge < -0.3 is 0 Å². The zero-order chi connectivity index (χ0) is 13.5. The molecule has 0 aromatic carbocycles. The SMILES string of the molecule is CCC(C)C1C2CC3C2C(C)(C1C)C(C)C3(C)C. The predicted molar refractivity (Wildman–Crippen MR) is 78.2 cm³/mol. The predicted octanol–water partition coefficient (Wildman–Crippen LogP) is 5.23. The van der Waals surface area contributed by atoms with Gasteiger partial charge in [0.05, 0.1) is 0 Å². The van der Waals surface area contributed by atoms with E-state index in [2.05, 4.69) is 48.5 Å². The first-order chi connectivity index (χ1) is 8.27. The van der Waals surface area contributed by atoms with Crippen molar-refractivity contribution in [3.8, 4) is 0 Å². The van der Waals surface area contributed by atoms with Gasteiger partial charge >= 0.3 is 0 Å². The van der Waals surface area contributed by atoms with Crippen molar-refractivity contribution in [1.29, 1.82) is 0 Å². The van der Waals surface area contributed by atoms with Gasteiger partial charge in [0, 0.05) is 0 Å². The van der Waals surface area contributed by atoms with E-state index in [1.807, 2.05) is 0 Å². The molecule has 0 radical (unpaired) electrons. The third-order valence-corrected chi connectivity index (χ3v) is 8.50. The van der Waals surface area contributed by atoms with Crippen LogP contribution in [0.15, 0.2) is 0 Å². The van der Waals surface area contributed by atoms with Gasteiger partial charge in [0.1, 0.15) is 0 Å². The third-order valence-electron chi connectivity index (χ3n) is 8.50. The highest BCUT2D eigenvalue weighted by Gasteiger charge is 2.74. The smallest absolute Gasteiger partial charge is 0.0233 e. The molecule has 3 fully saturated rings. The summed E-state index contributed by atoms with van der Waals surface area (Å²) in [5.41, 5.74) is 1.22. The molecule has 0 nitrogen and oxygen atoms in total. The Morgan fingerprint density at radius 2 is 1.78 bits per heavy atom. The van der Waals surface area contributed by atoms with Crippen LogP contribution in [-0.2, 0) is 0 Å². The van der Waals surface area contributed by atoms with Crippen molar-refractivity contribution in [2.24, 2.45) is 52.3 Å². The van der Waals surface area contributed by atoms with Crippen LogP contribution in [0.1, 0.15) is 61.3 Å². The molecule has 3 saturated carbocycles. The fourth-order valence-electron chi connectivity index (χ4n) is 6.83. The number of rotatable bonds is 2. The van der Waals surface area contributed by atoms with E-state index in [-0.39, 0.29) is 0 Å². The Morgan fingerprint density at radius 3 is 2.28 bits per heavy atom. The first-order valence-electron chi connectivity index (χ1n) is 8.27. The maximum Gasteiger partial charge on any atom is -0.0233 e. The summed E-state index contributed by atoms with van der Waals surface area (Å²) < 4.78 is 0. The second-order valence-electron chi connectivity index (χ2n) is 8.69. The van der Waals surface area contributed by atoms with Crippen LogP contribution in [0.5, 0.6) is 0 Å². The van der Waals surface area contributed by atoms with Gasteiger partial charge in [-0.25, -0.2) is 0 Å². The lowest BCUT2D eigenvalue weighted by Crippen LogP contribution is -2.42. The van der Waals surface area contributed by atoms with Crippen LogP contribution in [0, 0.1) is 52.3 Å². The fourth-order valence-corrected chi connectivity index (χ4v) is 6.83. The Labute approximate surface area is 114 Å². The molecule has 8 unspecified atom stereocenters. The summed E-state index contributed by atoms with van der Waals surface area (Å²) in [7, 11) is 0. The van der Waals surface area contributed by atoms with E-state index in [1.54, 1.807) is 0 Å². The third kappa shape index (κ3) is 1.15. The average molecular weight is 248 g/mol. The lowest BCUT2D eigenvalue weighted by Gasteiger charge is -2.49. The van der Waals surface area contributed by atoms with E-state index in [0.717, 1.165) is 41.4 Å². The summed E-state index contributed by atoms with van der Waals surface area (Å²) in [5, 5.41) is 0. The van der Waals surface area contributed by atoms with E-state index in [4.69, 9.17) is 0 Å². The summed E-state index contributed by atoms with van der Waals surface area (Å²) in [5.74, 6) is 6.92. The molecule has 0 heteroatoms. The Kier molecular flexibility index (Phi) is 2.57. The molecule has 3 aliphatic carbocycles. The van der Waals surface area contributed by atoms with Crippen molar-refractivity contribution in [1.82, 2.24) is 0 Å². The van der Waals surface area contributed by atoms with Crippen LogP contribution >= 0.6 is 0 Å². The molecule has 0 spiro atoms. The molecule has 0 N–H and O–H groups in total. The Bertz CT molecular complexity index is 355. The van der Waals surface area contributed by atoms with Crippen molar-refractivity contribution >= 4 is 0 Å². The first kappa shape index (κ1) is 13.0. The van der Waals surface area contributed by atoms with Gasteiger partial charge in [0.25, 0.3) is 0 Å². The van der Waals surface area contributed by atoms with Crippen molar-refractivity contribution in [2.45, 2.75) is 61.3 Å². The molecular weight excluding hydrogens is 216 g/mol. The van der Waals surface area contributed by atoms with Gasteiger partial charge in [-0.15, -0.1) is 0 Å². The van der Waals surface area contributed by atoms with Gasteiger partial charge in [-0.1, -0.05) is 54.9 Å². The average Bonchev–Trinajstić information content (AvgIpc) is 2.51.